The Morgan fingerprint density at radius 2 is 2.07 bits per heavy atom. The molecule has 1 aliphatic heterocycles. The Kier molecular flexibility index (Phi) is 7.64. The molecule has 3 rings (SSSR count). The van der Waals surface area contributed by atoms with Crippen LogP contribution in [0.5, 0.6) is 0 Å². The molecule has 0 aliphatic carbocycles. The van der Waals surface area contributed by atoms with E-state index >= 15 is 0 Å². The molecule has 0 saturated carbocycles. The third kappa shape index (κ3) is 6.62. The minimum Gasteiger partial charge on any atom is -0.370 e. The molecule has 0 unspecified atom stereocenters. The molecular formula is C18H24N5O2S2+. The lowest BCUT2D eigenvalue weighted by Gasteiger charge is -2.23. The number of carbonyl (C=O) groups is 1. The zero-order chi connectivity index (χ0) is 18.9. The number of hydrogen-bond acceptors (Lipinski definition) is 7. The maximum atomic E-state index is 12.1. The quantitative estimate of drug-likeness (QED) is 0.430. The SMILES string of the molecule is C=CCNc1nnc(SCC(=O)Nc2ccc(C[NH+]3CCOCC3)cc2)s1. The van der Waals surface area contributed by atoms with E-state index in [9.17, 15) is 4.79 Å². The number of hydrogen-bond donors (Lipinski definition) is 3. The van der Waals surface area contributed by atoms with Crippen molar-refractivity contribution < 1.29 is 14.4 Å². The molecular weight excluding hydrogens is 382 g/mol. The van der Waals surface area contributed by atoms with E-state index < -0.39 is 0 Å². The van der Waals surface area contributed by atoms with Gasteiger partial charge in [0.2, 0.25) is 11.0 Å². The van der Waals surface area contributed by atoms with Crippen LogP contribution >= 0.6 is 23.1 Å². The van der Waals surface area contributed by atoms with Crippen LogP contribution in [0.4, 0.5) is 10.8 Å². The van der Waals surface area contributed by atoms with Crippen LogP contribution in [0.25, 0.3) is 0 Å². The van der Waals surface area contributed by atoms with Crippen LogP contribution in [0.1, 0.15) is 5.56 Å². The van der Waals surface area contributed by atoms with Crippen molar-refractivity contribution in [1.82, 2.24) is 10.2 Å². The summed E-state index contributed by atoms with van der Waals surface area (Å²) in [4.78, 5) is 13.7. The Morgan fingerprint density at radius 1 is 1.30 bits per heavy atom. The summed E-state index contributed by atoms with van der Waals surface area (Å²) >= 11 is 2.81. The summed E-state index contributed by atoms with van der Waals surface area (Å²) in [6.45, 7) is 9.05. The van der Waals surface area contributed by atoms with E-state index in [1.165, 1.54) is 33.6 Å². The highest BCUT2D eigenvalue weighted by atomic mass is 32.2. The van der Waals surface area contributed by atoms with Crippen molar-refractivity contribution in [3.8, 4) is 0 Å². The molecule has 7 nitrogen and oxygen atoms in total. The van der Waals surface area contributed by atoms with Gasteiger partial charge in [0, 0.05) is 17.8 Å². The van der Waals surface area contributed by atoms with Crippen molar-refractivity contribution in [3.63, 3.8) is 0 Å². The van der Waals surface area contributed by atoms with Crippen LogP contribution in [0.3, 0.4) is 0 Å². The molecule has 0 radical (unpaired) electrons. The van der Waals surface area contributed by atoms with Gasteiger partial charge in [-0.3, -0.25) is 4.79 Å². The number of rotatable bonds is 9. The lowest BCUT2D eigenvalue weighted by molar-refractivity contribution is -0.921. The van der Waals surface area contributed by atoms with Gasteiger partial charge in [-0.25, -0.2) is 0 Å². The Labute approximate surface area is 167 Å². The van der Waals surface area contributed by atoms with Crippen molar-refractivity contribution in [1.29, 1.82) is 0 Å². The van der Waals surface area contributed by atoms with Crippen LogP contribution < -0.4 is 15.5 Å². The smallest absolute Gasteiger partial charge is 0.234 e. The van der Waals surface area contributed by atoms with Gasteiger partial charge in [-0.1, -0.05) is 41.3 Å². The maximum absolute atomic E-state index is 12.1. The number of benzene rings is 1. The number of aromatic nitrogens is 2. The first kappa shape index (κ1) is 19.8. The van der Waals surface area contributed by atoms with E-state index in [-0.39, 0.29) is 5.91 Å². The van der Waals surface area contributed by atoms with Gasteiger partial charge in [0.05, 0.1) is 19.0 Å². The summed E-state index contributed by atoms with van der Waals surface area (Å²) < 4.78 is 6.15. The van der Waals surface area contributed by atoms with E-state index in [1.807, 2.05) is 12.1 Å². The fourth-order valence-electron chi connectivity index (χ4n) is 2.65. The first-order valence-corrected chi connectivity index (χ1v) is 10.6. The molecule has 0 spiro atoms. The van der Waals surface area contributed by atoms with Gasteiger partial charge >= 0.3 is 0 Å². The molecule has 0 atom stereocenters. The predicted octanol–water partition coefficient (Wildman–Crippen LogP) is 1.28. The largest absolute Gasteiger partial charge is 0.370 e. The van der Waals surface area contributed by atoms with Crippen molar-refractivity contribution >= 4 is 39.8 Å². The van der Waals surface area contributed by atoms with Crippen LogP contribution in [0, 0.1) is 0 Å². The number of thioether (sulfide) groups is 1. The number of amides is 1. The second-order valence-corrected chi connectivity index (χ2v) is 8.32. The molecule has 144 valence electrons. The summed E-state index contributed by atoms with van der Waals surface area (Å²) in [7, 11) is 0. The van der Waals surface area contributed by atoms with E-state index in [0.717, 1.165) is 48.0 Å². The molecule has 3 N–H and O–H groups in total. The third-order valence-corrected chi connectivity index (χ3v) is 6.04. The number of ether oxygens (including phenoxy) is 1. The lowest BCUT2D eigenvalue weighted by Crippen LogP contribution is -3.12. The summed E-state index contributed by atoms with van der Waals surface area (Å²) in [6.07, 6.45) is 1.76. The first-order valence-electron chi connectivity index (χ1n) is 8.84. The van der Waals surface area contributed by atoms with Crippen LogP contribution in [-0.2, 0) is 16.1 Å². The molecule has 2 aromatic rings. The molecule has 1 aliphatic rings. The minimum atomic E-state index is -0.0534. The fraction of sp³-hybridized carbons (Fsp3) is 0.389. The second kappa shape index (κ2) is 10.4. The molecule has 9 heteroatoms. The highest BCUT2D eigenvalue weighted by Gasteiger charge is 2.14. The maximum Gasteiger partial charge on any atom is 0.234 e. The Bertz CT molecular complexity index is 744. The highest BCUT2D eigenvalue weighted by molar-refractivity contribution is 8.01. The average molecular weight is 407 g/mol. The Balaban J connectivity index is 1.42. The minimum absolute atomic E-state index is 0.0534. The number of carbonyl (C=O) groups excluding carboxylic acids is 1. The van der Waals surface area contributed by atoms with E-state index in [1.54, 1.807) is 6.08 Å². The summed E-state index contributed by atoms with van der Waals surface area (Å²) in [6, 6.07) is 8.07. The normalized spacial score (nSPS) is 14.7. The molecule has 1 aromatic heterocycles. The van der Waals surface area contributed by atoms with Crippen LogP contribution in [0.15, 0.2) is 41.3 Å². The lowest BCUT2D eigenvalue weighted by atomic mass is 10.2. The van der Waals surface area contributed by atoms with E-state index in [4.69, 9.17) is 4.74 Å². The number of nitrogens with one attached hydrogen (secondary N) is 3. The summed E-state index contributed by atoms with van der Waals surface area (Å²) in [5, 5.41) is 14.8. The standard InChI is InChI=1S/C18H23N5O2S2/c1-2-7-19-17-21-22-18(27-17)26-13-16(24)20-15-5-3-14(4-6-15)12-23-8-10-25-11-9-23/h2-6H,1,7-13H2,(H,19,21)(H,20,24)/p+1. The molecule has 1 aromatic carbocycles. The van der Waals surface area contributed by atoms with Gasteiger partial charge in [-0.15, -0.1) is 16.8 Å². The number of anilines is 2. The molecule has 0 bridgehead atoms. The van der Waals surface area contributed by atoms with Crippen molar-refractivity contribution in [2.24, 2.45) is 0 Å². The zero-order valence-corrected chi connectivity index (χ0v) is 16.7. The summed E-state index contributed by atoms with van der Waals surface area (Å²) in [5.74, 6) is 0.248. The third-order valence-electron chi connectivity index (χ3n) is 4.02. The molecule has 1 fully saturated rings. The average Bonchev–Trinajstić information content (AvgIpc) is 3.15. The molecule has 1 amide bonds. The predicted molar refractivity (Wildman–Crippen MR) is 110 cm³/mol. The van der Waals surface area contributed by atoms with Crippen molar-refractivity contribution in [2.75, 3.05) is 49.2 Å². The van der Waals surface area contributed by atoms with E-state index in [0.29, 0.717) is 12.3 Å². The fourth-order valence-corrected chi connectivity index (χ4v) is 4.21. The van der Waals surface area contributed by atoms with Gasteiger partial charge in [-0.2, -0.15) is 0 Å². The molecule has 2 heterocycles. The monoisotopic (exact) mass is 406 g/mol. The Morgan fingerprint density at radius 3 is 2.81 bits per heavy atom. The molecule has 27 heavy (non-hydrogen) atoms. The number of morpholine rings is 1. The number of quaternary nitrogens is 1. The molecule has 1 saturated heterocycles. The van der Waals surface area contributed by atoms with Crippen LogP contribution in [-0.4, -0.2) is 54.7 Å². The second-order valence-electron chi connectivity index (χ2n) is 6.12. The van der Waals surface area contributed by atoms with E-state index in [2.05, 4.69) is 39.5 Å². The summed E-state index contributed by atoms with van der Waals surface area (Å²) in [5.41, 5.74) is 2.08. The highest BCUT2D eigenvalue weighted by Crippen LogP contribution is 2.25. The number of nitrogens with zero attached hydrogens (tertiary/aromatic N) is 2. The van der Waals surface area contributed by atoms with Gasteiger partial charge in [-0.05, 0) is 12.1 Å². The zero-order valence-electron chi connectivity index (χ0n) is 15.1. The van der Waals surface area contributed by atoms with Gasteiger partial charge in [0.1, 0.15) is 19.6 Å². The van der Waals surface area contributed by atoms with Crippen molar-refractivity contribution in [3.05, 3.63) is 42.5 Å². The Hall–Kier alpha value is -1.94. The first-order chi connectivity index (χ1) is 13.2. The van der Waals surface area contributed by atoms with Gasteiger partial charge < -0.3 is 20.3 Å². The van der Waals surface area contributed by atoms with Gasteiger partial charge in [0.15, 0.2) is 4.34 Å². The van der Waals surface area contributed by atoms with Crippen molar-refractivity contribution in [2.45, 2.75) is 10.9 Å². The van der Waals surface area contributed by atoms with Gasteiger partial charge in [0.25, 0.3) is 0 Å². The topological polar surface area (TPSA) is 80.6 Å². The van der Waals surface area contributed by atoms with Crippen LogP contribution in [0.2, 0.25) is 0 Å².